The van der Waals surface area contributed by atoms with Crippen molar-refractivity contribution >= 4 is 22.8 Å². The van der Waals surface area contributed by atoms with Gasteiger partial charge in [0.25, 0.3) is 0 Å². The molecule has 1 unspecified atom stereocenters. The molecule has 7 heteroatoms. The topological polar surface area (TPSA) is 84.2 Å². The third-order valence-corrected chi connectivity index (χ3v) is 4.59. The van der Waals surface area contributed by atoms with Gasteiger partial charge in [-0.1, -0.05) is 12.1 Å². The zero-order valence-corrected chi connectivity index (χ0v) is 14.0. The van der Waals surface area contributed by atoms with Crippen molar-refractivity contribution in [1.29, 1.82) is 0 Å². The summed E-state index contributed by atoms with van der Waals surface area (Å²) in [4.78, 5) is 27.0. The van der Waals surface area contributed by atoms with Gasteiger partial charge in [0.15, 0.2) is 12.2 Å². The molecule has 0 aliphatic carbocycles. The number of carbonyl (C=O) groups is 1. The summed E-state index contributed by atoms with van der Waals surface area (Å²) in [5.74, 6) is 0.910. The molecule has 1 aromatic carbocycles. The Morgan fingerprint density at radius 1 is 1.40 bits per heavy atom. The summed E-state index contributed by atoms with van der Waals surface area (Å²) >= 11 is 0. The number of aromatic nitrogens is 3. The second kappa shape index (κ2) is 6.60. The first-order valence-corrected chi connectivity index (χ1v) is 8.38. The molecule has 2 aromatic heterocycles. The van der Waals surface area contributed by atoms with Crippen LogP contribution < -0.4 is 5.32 Å². The van der Waals surface area contributed by atoms with Crippen LogP contribution in [-0.4, -0.2) is 44.9 Å². The summed E-state index contributed by atoms with van der Waals surface area (Å²) in [6.45, 7) is 3.49. The van der Waals surface area contributed by atoms with Gasteiger partial charge in [-0.2, -0.15) is 0 Å². The molecule has 0 radical (unpaired) electrons. The number of amides is 1. The SMILES string of the molecule is CC1CCCN1CC(=O)Nc1ncc2ccc(-c3cnco3)cc2n1. The highest BCUT2D eigenvalue weighted by Crippen LogP contribution is 2.23. The number of rotatable bonds is 4. The molecule has 0 saturated carbocycles. The van der Waals surface area contributed by atoms with Crippen LogP contribution in [0.2, 0.25) is 0 Å². The van der Waals surface area contributed by atoms with Gasteiger partial charge in [0, 0.05) is 23.2 Å². The summed E-state index contributed by atoms with van der Waals surface area (Å²) in [7, 11) is 0. The first kappa shape index (κ1) is 15.7. The lowest BCUT2D eigenvalue weighted by atomic mass is 10.1. The van der Waals surface area contributed by atoms with E-state index in [2.05, 4.69) is 32.1 Å². The quantitative estimate of drug-likeness (QED) is 0.788. The summed E-state index contributed by atoms with van der Waals surface area (Å²) in [5, 5.41) is 3.69. The molecule has 1 atom stereocenters. The van der Waals surface area contributed by atoms with Crippen molar-refractivity contribution in [3.8, 4) is 11.3 Å². The van der Waals surface area contributed by atoms with Crippen molar-refractivity contribution in [3.05, 3.63) is 37.0 Å². The number of oxazole rings is 1. The van der Waals surface area contributed by atoms with Crippen LogP contribution in [0.4, 0.5) is 5.95 Å². The van der Waals surface area contributed by atoms with Crippen molar-refractivity contribution in [3.63, 3.8) is 0 Å². The predicted molar refractivity (Wildman–Crippen MR) is 93.9 cm³/mol. The van der Waals surface area contributed by atoms with Gasteiger partial charge in [-0.25, -0.2) is 15.0 Å². The Morgan fingerprint density at radius 3 is 3.08 bits per heavy atom. The second-order valence-corrected chi connectivity index (χ2v) is 6.34. The second-order valence-electron chi connectivity index (χ2n) is 6.34. The number of benzene rings is 1. The molecule has 1 saturated heterocycles. The van der Waals surface area contributed by atoms with Crippen LogP contribution in [0.3, 0.4) is 0 Å². The summed E-state index contributed by atoms with van der Waals surface area (Å²) in [5.41, 5.74) is 1.63. The van der Waals surface area contributed by atoms with Gasteiger partial charge in [-0.3, -0.25) is 15.0 Å². The molecule has 4 rings (SSSR count). The number of anilines is 1. The molecule has 25 heavy (non-hydrogen) atoms. The third-order valence-electron chi connectivity index (χ3n) is 4.59. The van der Waals surface area contributed by atoms with Gasteiger partial charge < -0.3 is 4.42 Å². The van der Waals surface area contributed by atoms with Gasteiger partial charge in [0.2, 0.25) is 11.9 Å². The van der Waals surface area contributed by atoms with Crippen LogP contribution in [0.5, 0.6) is 0 Å². The summed E-state index contributed by atoms with van der Waals surface area (Å²) in [6, 6.07) is 6.20. The first-order valence-electron chi connectivity index (χ1n) is 8.38. The normalized spacial score (nSPS) is 17.9. The molecule has 1 aliphatic rings. The number of nitrogens with zero attached hydrogens (tertiary/aromatic N) is 4. The van der Waals surface area contributed by atoms with Crippen molar-refractivity contribution in [2.24, 2.45) is 0 Å². The average molecular weight is 337 g/mol. The highest BCUT2D eigenvalue weighted by molar-refractivity contribution is 5.92. The predicted octanol–water partition coefficient (Wildman–Crippen LogP) is 2.71. The van der Waals surface area contributed by atoms with E-state index in [4.69, 9.17) is 4.42 Å². The van der Waals surface area contributed by atoms with E-state index >= 15 is 0 Å². The van der Waals surface area contributed by atoms with Crippen molar-refractivity contribution in [1.82, 2.24) is 19.9 Å². The smallest absolute Gasteiger partial charge is 0.240 e. The molecule has 0 bridgehead atoms. The Labute approximate surface area is 145 Å². The van der Waals surface area contributed by atoms with E-state index in [1.165, 1.54) is 6.39 Å². The Morgan fingerprint density at radius 2 is 2.32 bits per heavy atom. The fourth-order valence-electron chi connectivity index (χ4n) is 3.17. The molecule has 128 valence electrons. The Bertz CT molecular complexity index is 894. The number of nitrogens with one attached hydrogen (secondary N) is 1. The maximum atomic E-state index is 12.2. The molecule has 3 aromatic rings. The third kappa shape index (κ3) is 3.36. The van der Waals surface area contributed by atoms with E-state index in [0.29, 0.717) is 24.3 Å². The minimum Gasteiger partial charge on any atom is -0.444 e. The molecule has 3 heterocycles. The zero-order chi connectivity index (χ0) is 17.2. The summed E-state index contributed by atoms with van der Waals surface area (Å²) < 4.78 is 5.32. The minimum atomic E-state index is -0.0838. The lowest BCUT2D eigenvalue weighted by molar-refractivity contribution is -0.117. The molecular formula is C18H19N5O2. The van der Waals surface area contributed by atoms with Crippen LogP contribution in [-0.2, 0) is 4.79 Å². The molecular weight excluding hydrogens is 318 g/mol. The Balaban J connectivity index is 1.52. The molecule has 1 aliphatic heterocycles. The highest BCUT2D eigenvalue weighted by Gasteiger charge is 2.22. The Kier molecular flexibility index (Phi) is 4.15. The van der Waals surface area contributed by atoms with Crippen LogP contribution in [0.15, 0.2) is 41.4 Å². The molecule has 0 spiro atoms. The van der Waals surface area contributed by atoms with Crippen molar-refractivity contribution in [2.75, 3.05) is 18.4 Å². The average Bonchev–Trinajstić information content (AvgIpc) is 3.27. The molecule has 7 nitrogen and oxygen atoms in total. The number of likely N-dealkylation sites (tertiary alicyclic amines) is 1. The molecule has 1 fully saturated rings. The minimum absolute atomic E-state index is 0.0838. The fraction of sp³-hybridized carbons (Fsp3) is 0.333. The van der Waals surface area contributed by atoms with E-state index in [1.54, 1.807) is 12.4 Å². The maximum absolute atomic E-state index is 12.2. The molecule has 1 N–H and O–H groups in total. The number of hydrogen-bond acceptors (Lipinski definition) is 6. The number of fused-ring (bicyclic) bond motifs is 1. The number of hydrogen-bond donors (Lipinski definition) is 1. The lowest BCUT2D eigenvalue weighted by Gasteiger charge is -2.19. The van der Waals surface area contributed by atoms with Gasteiger partial charge in [0.05, 0.1) is 18.3 Å². The highest BCUT2D eigenvalue weighted by atomic mass is 16.3. The van der Waals surface area contributed by atoms with Crippen LogP contribution in [0.25, 0.3) is 22.2 Å². The van der Waals surface area contributed by atoms with Gasteiger partial charge in [-0.15, -0.1) is 0 Å². The standard InChI is InChI=1S/C18H19N5O2/c1-12-3-2-6-23(12)10-17(24)22-18-20-8-14-5-4-13(7-15(14)21-18)16-9-19-11-25-16/h4-5,7-9,11-12H,2-3,6,10H2,1H3,(H,20,21,22,24). The molecule has 1 amide bonds. The van der Waals surface area contributed by atoms with Gasteiger partial charge in [0.1, 0.15) is 0 Å². The zero-order valence-electron chi connectivity index (χ0n) is 14.0. The first-order chi connectivity index (χ1) is 12.2. The van der Waals surface area contributed by atoms with Gasteiger partial charge in [-0.05, 0) is 32.4 Å². The number of carbonyl (C=O) groups excluding carboxylic acids is 1. The van der Waals surface area contributed by atoms with E-state index in [1.807, 2.05) is 18.2 Å². The largest absolute Gasteiger partial charge is 0.444 e. The Hall–Kier alpha value is -2.80. The summed E-state index contributed by atoms with van der Waals surface area (Å²) in [6.07, 6.45) is 7.04. The van der Waals surface area contributed by atoms with Crippen LogP contribution in [0, 0.1) is 0 Å². The van der Waals surface area contributed by atoms with Crippen LogP contribution in [0.1, 0.15) is 19.8 Å². The van der Waals surface area contributed by atoms with Gasteiger partial charge >= 0.3 is 0 Å². The van der Waals surface area contributed by atoms with Crippen LogP contribution >= 0.6 is 0 Å². The van der Waals surface area contributed by atoms with E-state index in [9.17, 15) is 4.79 Å². The van der Waals surface area contributed by atoms with E-state index in [0.717, 1.165) is 35.9 Å². The lowest BCUT2D eigenvalue weighted by Crippen LogP contribution is -2.35. The van der Waals surface area contributed by atoms with Crippen molar-refractivity contribution < 1.29 is 9.21 Å². The van der Waals surface area contributed by atoms with E-state index < -0.39 is 0 Å². The van der Waals surface area contributed by atoms with E-state index in [-0.39, 0.29) is 5.91 Å². The van der Waals surface area contributed by atoms with Crippen molar-refractivity contribution in [2.45, 2.75) is 25.8 Å². The maximum Gasteiger partial charge on any atom is 0.240 e. The fourth-order valence-corrected chi connectivity index (χ4v) is 3.17. The monoisotopic (exact) mass is 337 g/mol.